The van der Waals surface area contributed by atoms with Crippen LogP contribution in [0.1, 0.15) is 24.6 Å². The number of aryl methyl sites for hydroxylation is 1. The lowest BCUT2D eigenvalue weighted by atomic mass is 10.1. The van der Waals surface area contributed by atoms with Gasteiger partial charge >= 0.3 is 6.09 Å². The summed E-state index contributed by atoms with van der Waals surface area (Å²) >= 11 is 0. The Morgan fingerprint density at radius 3 is 2.57 bits per heavy atom. The first-order valence-corrected chi connectivity index (χ1v) is 9.16. The minimum Gasteiger partial charge on any atom is -0.409 e. The van der Waals surface area contributed by atoms with Gasteiger partial charge in [0.1, 0.15) is 11.5 Å². The molecule has 28 heavy (non-hydrogen) atoms. The molecule has 1 aromatic carbocycles. The minimum absolute atomic E-state index is 0.159. The lowest BCUT2D eigenvalue weighted by Gasteiger charge is -2.30. The normalized spacial score (nSPS) is 14.9. The Kier molecular flexibility index (Phi) is 5.01. The van der Waals surface area contributed by atoms with Crippen molar-refractivity contribution < 1.29 is 13.9 Å². The number of aromatic nitrogens is 4. The molecule has 1 aliphatic rings. The molecular formula is C20H20FN5O2. The van der Waals surface area contributed by atoms with Crippen LogP contribution in [0, 0.1) is 12.7 Å². The molecule has 1 saturated heterocycles. The van der Waals surface area contributed by atoms with Crippen molar-refractivity contribution in [3.63, 3.8) is 0 Å². The maximum atomic E-state index is 13.1. The summed E-state index contributed by atoms with van der Waals surface area (Å²) < 4.78 is 20.3. The van der Waals surface area contributed by atoms with E-state index < -0.39 is 0 Å². The molecule has 0 spiro atoms. The van der Waals surface area contributed by atoms with Gasteiger partial charge in [-0.25, -0.2) is 13.9 Å². The Morgan fingerprint density at radius 2 is 1.89 bits per heavy atom. The van der Waals surface area contributed by atoms with Gasteiger partial charge < -0.3 is 9.64 Å². The molecule has 0 atom stereocenters. The number of benzene rings is 1. The molecular weight excluding hydrogens is 361 g/mol. The quantitative estimate of drug-likeness (QED) is 0.693. The van der Waals surface area contributed by atoms with Gasteiger partial charge in [0.15, 0.2) is 5.75 Å². The third kappa shape index (κ3) is 4.00. The number of carbonyl (C=O) groups excluding carboxylic acids is 1. The lowest BCUT2D eigenvalue weighted by molar-refractivity contribution is 0.129. The number of ether oxygens (including phenoxy) is 1. The van der Waals surface area contributed by atoms with E-state index in [0.717, 1.165) is 24.1 Å². The Balaban J connectivity index is 1.34. The number of nitrogens with zero attached hydrogens (tertiary/aromatic N) is 5. The zero-order valence-corrected chi connectivity index (χ0v) is 15.5. The highest BCUT2D eigenvalue weighted by atomic mass is 19.1. The van der Waals surface area contributed by atoms with E-state index >= 15 is 0 Å². The number of rotatable bonds is 3. The van der Waals surface area contributed by atoms with E-state index in [1.165, 1.54) is 12.1 Å². The second kappa shape index (κ2) is 7.75. The number of carbonyl (C=O) groups is 1. The minimum atomic E-state index is -0.366. The van der Waals surface area contributed by atoms with Gasteiger partial charge in [-0.1, -0.05) is 5.21 Å². The summed E-state index contributed by atoms with van der Waals surface area (Å²) in [6.07, 6.45) is 4.56. The summed E-state index contributed by atoms with van der Waals surface area (Å²) in [5.74, 6) is 0.162. The SMILES string of the molecule is Cc1ccc(OC(=O)N2CCC(n3cc(-c4ccc(F)cc4)nn3)CC2)cn1. The van der Waals surface area contributed by atoms with Gasteiger partial charge in [0.05, 0.1) is 18.4 Å². The van der Waals surface area contributed by atoms with Crippen LogP contribution < -0.4 is 4.74 Å². The van der Waals surface area contributed by atoms with Crippen LogP contribution in [0.3, 0.4) is 0 Å². The predicted octanol–water partition coefficient (Wildman–Crippen LogP) is 3.62. The van der Waals surface area contributed by atoms with E-state index in [-0.39, 0.29) is 18.0 Å². The number of pyridine rings is 1. The summed E-state index contributed by atoms with van der Waals surface area (Å²) in [6, 6.07) is 9.87. The van der Waals surface area contributed by atoms with Gasteiger partial charge in [-0.15, -0.1) is 5.10 Å². The molecule has 3 aromatic rings. The largest absolute Gasteiger partial charge is 0.415 e. The molecule has 0 saturated carbocycles. The third-order valence-electron chi connectivity index (χ3n) is 4.84. The smallest absolute Gasteiger partial charge is 0.409 e. The molecule has 0 N–H and O–H groups in total. The lowest BCUT2D eigenvalue weighted by Crippen LogP contribution is -2.40. The summed E-state index contributed by atoms with van der Waals surface area (Å²) in [5, 5.41) is 8.40. The predicted molar refractivity (Wildman–Crippen MR) is 100 cm³/mol. The number of amides is 1. The average Bonchev–Trinajstić information content (AvgIpc) is 3.20. The fourth-order valence-electron chi connectivity index (χ4n) is 3.20. The summed E-state index contributed by atoms with van der Waals surface area (Å²) in [7, 11) is 0. The maximum Gasteiger partial charge on any atom is 0.415 e. The zero-order valence-electron chi connectivity index (χ0n) is 15.5. The van der Waals surface area contributed by atoms with Gasteiger partial charge in [0, 0.05) is 24.3 Å². The Labute approximate surface area is 161 Å². The second-order valence-electron chi connectivity index (χ2n) is 6.81. The maximum absolute atomic E-state index is 13.1. The fraction of sp³-hybridized carbons (Fsp3) is 0.300. The highest BCUT2D eigenvalue weighted by Gasteiger charge is 2.26. The van der Waals surface area contributed by atoms with Crippen LogP contribution in [0.25, 0.3) is 11.3 Å². The van der Waals surface area contributed by atoms with Crippen molar-refractivity contribution in [3.8, 4) is 17.0 Å². The monoisotopic (exact) mass is 381 g/mol. The molecule has 0 radical (unpaired) electrons. The van der Waals surface area contributed by atoms with E-state index in [9.17, 15) is 9.18 Å². The molecule has 0 aliphatic carbocycles. The summed E-state index contributed by atoms with van der Waals surface area (Å²) in [5.41, 5.74) is 2.39. The molecule has 8 heteroatoms. The van der Waals surface area contributed by atoms with Crippen LogP contribution in [-0.4, -0.2) is 44.1 Å². The van der Waals surface area contributed by atoms with E-state index in [4.69, 9.17) is 4.74 Å². The van der Waals surface area contributed by atoms with Gasteiger partial charge in [-0.05, 0) is 56.2 Å². The molecule has 1 amide bonds. The molecule has 2 aromatic heterocycles. The van der Waals surface area contributed by atoms with E-state index in [1.807, 2.05) is 17.8 Å². The highest BCUT2D eigenvalue weighted by Crippen LogP contribution is 2.25. The van der Waals surface area contributed by atoms with E-state index in [2.05, 4.69) is 15.3 Å². The van der Waals surface area contributed by atoms with Crippen LogP contribution >= 0.6 is 0 Å². The van der Waals surface area contributed by atoms with Gasteiger partial charge in [-0.2, -0.15) is 0 Å². The Morgan fingerprint density at radius 1 is 1.14 bits per heavy atom. The number of likely N-dealkylation sites (tertiary alicyclic amines) is 1. The Bertz CT molecular complexity index is 947. The zero-order chi connectivity index (χ0) is 19.5. The second-order valence-corrected chi connectivity index (χ2v) is 6.81. The van der Waals surface area contributed by atoms with Gasteiger partial charge in [-0.3, -0.25) is 4.98 Å². The van der Waals surface area contributed by atoms with Gasteiger partial charge in [0.2, 0.25) is 0 Å². The first-order valence-electron chi connectivity index (χ1n) is 9.16. The van der Waals surface area contributed by atoms with Crippen molar-refractivity contribution in [3.05, 3.63) is 60.3 Å². The van der Waals surface area contributed by atoms with E-state index in [0.29, 0.717) is 24.5 Å². The van der Waals surface area contributed by atoms with Gasteiger partial charge in [0.25, 0.3) is 0 Å². The molecule has 3 heterocycles. The molecule has 1 aliphatic heterocycles. The van der Waals surface area contributed by atoms with Crippen LogP contribution in [0.5, 0.6) is 5.75 Å². The third-order valence-corrected chi connectivity index (χ3v) is 4.84. The van der Waals surface area contributed by atoms with Crippen LogP contribution in [0.2, 0.25) is 0 Å². The van der Waals surface area contributed by atoms with Crippen LogP contribution in [-0.2, 0) is 0 Å². The van der Waals surface area contributed by atoms with Crippen molar-refractivity contribution in [2.24, 2.45) is 0 Å². The molecule has 7 nitrogen and oxygen atoms in total. The molecule has 0 bridgehead atoms. The van der Waals surface area contributed by atoms with Crippen molar-refractivity contribution in [2.45, 2.75) is 25.8 Å². The first kappa shape index (κ1) is 18.1. The van der Waals surface area contributed by atoms with Crippen molar-refractivity contribution in [1.29, 1.82) is 0 Å². The van der Waals surface area contributed by atoms with Crippen molar-refractivity contribution in [2.75, 3.05) is 13.1 Å². The fourth-order valence-corrected chi connectivity index (χ4v) is 3.20. The first-order chi connectivity index (χ1) is 13.6. The molecule has 0 unspecified atom stereocenters. The number of piperidine rings is 1. The molecule has 4 rings (SSSR count). The van der Waals surface area contributed by atoms with Crippen molar-refractivity contribution in [1.82, 2.24) is 24.9 Å². The van der Waals surface area contributed by atoms with Crippen molar-refractivity contribution >= 4 is 6.09 Å². The summed E-state index contributed by atoms with van der Waals surface area (Å²) in [4.78, 5) is 18.1. The number of halogens is 1. The highest BCUT2D eigenvalue weighted by molar-refractivity contribution is 5.70. The van der Waals surface area contributed by atoms with E-state index in [1.54, 1.807) is 35.4 Å². The molecule has 1 fully saturated rings. The topological polar surface area (TPSA) is 73.1 Å². The van der Waals surface area contributed by atoms with Crippen LogP contribution in [0.4, 0.5) is 9.18 Å². The number of hydrogen-bond acceptors (Lipinski definition) is 5. The number of hydrogen-bond donors (Lipinski definition) is 0. The van der Waals surface area contributed by atoms with Crippen LogP contribution in [0.15, 0.2) is 48.8 Å². The standard InChI is InChI=1S/C20H20FN5O2/c1-14-2-7-18(12-22-14)28-20(27)25-10-8-17(9-11-25)26-13-19(23-24-26)15-3-5-16(21)6-4-15/h2-7,12-13,17H,8-11H2,1H3. The average molecular weight is 381 g/mol. The molecule has 144 valence electrons. The Hall–Kier alpha value is -3.29. The summed E-state index contributed by atoms with van der Waals surface area (Å²) in [6.45, 7) is 3.03.